The van der Waals surface area contributed by atoms with E-state index < -0.39 is 10.7 Å². The fourth-order valence-corrected chi connectivity index (χ4v) is 2.36. The first-order valence-electron chi connectivity index (χ1n) is 5.95. The summed E-state index contributed by atoms with van der Waals surface area (Å²) in [6.45, 7) is 0.684. The molecule has 0 heterocycles. The van der Waals surface area contributed by atoms with Gasteiger partial charge in [-0.2, -0.15) is 0 Å². The molecular formula is C12H14BrFN2O2. The van der Waals surface area contributed by atoms with Crippen LogP contribution in [0.3, 0.4) is 0 Å². The molecule has 0 radical (unpaired) electrons. The van der Waals surface area contributed by atoms with Crippen molar-refractivity contribution in [3.05, 3.63) is 32.5 Å². The standard InChI is InChI=1S/C12H14BrFN2O2/c13-9-6-11(12(16(17)18)7-10(9)14)15-5-4-8-2-1-3-8/h6-8,15H,1-5H2. The Morgan fingerprint density at radius 3 is 2.78 bits per heavy atom. The summed E-state index contributed by atoms with van der Waals surface area (Å²) < 4.78 is 13.5. The van der Waals surface area contributed by atoms with Crippen molar-refractivity contribution in [2.75, 3.05) is 11.9 Å². The maximum Gasteiger partial charge on any atom is 0.295 e. The summed E-state index contributed by atoms with van der Waals surface area (Å²) in [7, 11) is 0. The topological polar surface area (TPSA) is 55.2 Å². The van der Waals surface area contributed by atoms with Crippen molar-refractivity contribution >= 4 is 27.3 Å². The van der Waals surface area contributed by atoms with Gasteiger partial charge in [0.05, 0.1) is 15.5 Å². The van der Waals surface area contributed by atoms with Gasteiger partial charge in [0.1, 0.15) is 11.5 Å². The summed E-state index contributed by atoms with van der Waals surface area (Å²) in [5.41, 5.74) is 0.150. The fraction of sp³-hybridized carbons (Fsp3) is 0.500. The van der Waals surface area contributed by atoms with Crippen LogP contribution < -0.4 is 5.32 Å². The second-order valence-corrected chi connectivity index (χ2v) is 5.41. The van der Waals surface area contributed by atoms with Crippen LogP contribution in [0.4, 0.5) is 15.8 Å². The van der Waals surface area contributed by atoms with Crippen molar-refractivity contribution in [3.63, 3.8) is 0 Å². The Morgan fingerprint density at radius 1 is 1.50 bits per heavy atom. The third-order valence-electron chi connectivity index (χ3n) is 3.33. The highest BCUT2D eigenvalue weighted by Gasteiger charge is 2.19. The van der Waals surface area contributed by atoms with E-state index >= 15 is 0 Å². The van der Waals surface area contributed by atoms with Crippen LogP contribution in [0.25, 0.3) is 0 Å². The minimum absolute atomic E-state index is 0.218. The first-order chi connectivity index (χ1) is 8.58. The van der Waals surface area contributed by atoms with E-state index in [2.05, 4.69) is 21.2 Å². The third-order valence-corrected chi connectivity index (χ3v) is 3.94. The molecule has 0 amide bonds. The van der Waals surface area contributed by atoms with Crippen molar-refractivity contribution in [2.24, 2.45) is 5.92 Å². The van der Waals surface area contributed by atoms with Crippen molar-refractivity contribution in [3.8, 4) is 0 Å². The number of nitro benzene ring substituents is 1. The number of nitrogens with zero attached hydrogens (tertiary/aromatic N) is 1. The molecule has 0 unspecified atom stereocenters. The zero-order valence-corrected chi connectivity index (χ0v) is 11.4. The van der Waals surface area contributed by atoms with Gasteiger partial charge in [-0.15, -0.1) is 0 Å². The number of hydrogen-bond donors (Lipinski definition) is 1. The van der Waals surface area contributed by atoms with Gasteiger partial charge in [-0.05, 0) is 34.3 Å². The smallest absolute Gasteiger partial charge is 0.295 e. The fourth-order valence-electron chi connectivity index (χ4n) is 2.02. The number of halogens is 2. The van der Waals surface area contributed by atoms with Crippen LogP contribution in [0.2, 0.25) is 0 Å². The molecule has 6 heteroatoms. The van der Waals surface area contributed by atoms with Crippen molar-refractivity contribution < 1.29 is 9.31 Å². The SMILES string of the molecule is O=[N+]([O-])c1cc(F)c(Br)cc1NCCC1CCC1. The number of benzene rings is 1. The Bertz CT molecular complexity index is 464. The molecule has 1 fully saturated rings. The first-order valence-corrected chi connectivity index (χ1v) is 6.74. The molecule has 4 nitrogen and oxygen atoms in total. The normalized spacial score (nSPS) is 15.2. The van der Waals surface area contributed by atoms with E-state index in [0.29, 0.717) is 12.2 Å². The molecule has 0 saturated heterocycles. The monoisotopic (exact) mass is 316 g/mol. The van der Waals surface area contributed by atoms with Gasteiger partial charge in [0.25, 0.3) is 5.69 Å². The Hall–Kier alpha value is -1.17. The molecule has 1 aromatic carbocycles. The average molecular weight is 317 g/mol. The molecule has 1 N–H and O–H groups in total. The molecule has 0 aromatic heterocycles. The van der Waals surface area contributed by atoms with Crippen LogP contribution in [0.1, 0.15) is 25.7 Å². The summed E-state index contributed by atoms with van der Waals surface area (Å²) in [4.78, 5) is 10.3. The van der Waals surface area contributed by atoms with Crippen molar-refractivity contribution in [1.29, 1.82) is 0 Å². The minimum atomic E-state index is -0.619. The van der Waals surface area contributed by atoms with E-state index in [0.717, 1.165) is 18.4 Å². The maximum atomic E-state index is 13.3. The zero-order valence-electron chi connectivity index (χ0n) is 9.79. The second kappa shape index (κ2) is 5.65. The quantitative estimate of drug-likeness (QED) is 0.657. The predicted octanol–water partition coefficient (Wildman–Crippen LogP) is 4.10. The lowest BCUT2D eigenvalue weighted by molar-refractivity contribution is -0.384. The average Bonchev–Trinajstić information content (AvgIpc) is 2.25. The summed E-state index contributed by atoms with van der Waals surface area (Å²) >= 11 is 3.04. The molecule has 1 aromatic rings. The summed E-state index contributed by atoms with van der Waals surface area (Å²) in [6.07, 6.45) is 4.78. The van der Waals surface area contributed by atoms with E-state index in [1.54, 1.807) is 0 Å². The van der Waals surface area contributed by atoms with Crippen LogP contribution in [0.15, 0.2) is 16.6 Å². The van der Waals surface area contributed by atoms with Gasteiger partial charge in [0.15, 0.2) is 0 Å². The minimum Gasteiger partial charge on any atom is -0.379 e. The number of nitro groups is 1. The van der Waals surface area contributed by atoms with E-state index in [9.17, 15) is 14.5 Å². The van der Waals surface area contributed by atoms with Gasteiger partial charge in [-0.1, -0.05) is 19.3 Å². The highest BCUT2D eigenvalue weighted by molar-refractivity contribution is 9.10. The molecule has 2 rings (SSSR count). The Balaban J connectivity index is 2.04. The third kappa shape index (κ3) is 2.98. The highest BCUT2D eigenvalue weighted by Crippen LogP contribution is 2.32. The van der Waals surface area contributed by atoms with Crippen LogP contribution in [0, 0.1) is 21.8 Å². The Labute approximate surface area is 113 Å². The van der Waals surface area contributed by atoms with Crippen LogP contribution in [-0.2, 0) is 0 Å². The molecular weight excluding hydrogens is 303 g/mol. The lowest BCUT2D eigenvalue weighted by atomic mass is 9.83. The number of hydrogen-bond acceptors (Lipinski definition) is 3. The zero-order chi connectivity index (χ0) is 13.1. The highest BCUT2D eigenvalue weighted by atomic mass is 79.9. The second-order valence-electron chi connectivity index (χ2n) is 4.55. The molecule has 0 spiro atoms. The lowest BCUT2D eigenvalue weighted by Gasteiger charge is -2.25. The molecule has 0 aliphatic heterocycles. The van der Waals surface area contributed by atoms with Gasteiger partial charge >= 0.3 is 0 Å². The number of rotatable bonds is 5. The molecule has 98 valence electrons. The molecule has 18 heavy (non-hydrogen) atoms. The Morgan fingerprint density at radius 2 is 2.22 bits per heavy atom. The number of anilines is 1. The molecule has 0 atom stereocenters. The summed E-state index contributed by atoms with van der Waals surface area (Å²) in [6, 6.07) is 2.37. The summed E-state index contributed by atoms with van der Waals surface area (Å²) in [5.74, 6) is 0.117. The Kier molecular flexibility index (Phi) is 4.16. The van der Waals surface area contributed by atoms with Crippen LogP contribution in [-0.4, -0.2) is 11.5 Å². The molecule has 1 aliphatic rings. The maximum absolute atomic E-state index is 13.3. The predicted molar refractivity (Wildman–Crippen MR) is 71.2 cm³/mol. The largest absolute Gasteiger partial charge is 0.379 e. The molecule has 1 saturated carbocycles. The van der Waals surface area contributed by atoms with Gasteiger partial charge in [0.2, 0.25) is 0 Å². The van der Waals surface area contributed by atoms with Gasteiger partial charge in [-0.25, -0.2) is 4.39 Å². The van der Waals surface area contributed by atoms with Crippen molar-refractivity contribution in [1.82, 2.24) is 0 Å². The van der Waals surface area contributed by atoms with Gasteiger partial charge in [-0.3, -0.25) is 10.1 Å². The lowest BCUT2D eigenvalue weighted by Crippen LogP contribution is -2.16. The van der Waals surface area contributed by atoms with Crippen LogP contribution in [0.5, 0.6) is 0 Å². The van der Waals surface area contributed by atoms with E-state index in [-0.39, 0.29) is 10.2 Å². The van der Waals surface area contributed by atoms with E-state index in [1.165, 1.54) is 25.3 Å². The first kappa shape index (κ1) is 13.3. The van der Waals surface area contributed by atoms with Crippen molar-refractivity contribution in [2.45, 2.75) is 25.7 Å². The number of nitrogens with one attached hydrogen (secondary N) is 1. The van der Waals surface area contributed by atoms with Gasteiger partial charge < -0.3 is 5.32 Å². The van der Waals surface area contributed by atoms with E-state index in [1.807, 2.05) is 0 Å². The van der Waals surface area contributed by atoms with Gasteiger partial charge in [0, 0.05) is 6.54 Å². The molecule has 1 aliphatic carbocycles. The van der Waals surface area contributed by atoms with Crippen LogP contribution >= 0.6 is 15.9 Å². The summed E-state index contributed by atoms with van der Waals surface area (Å²) in [5, 5.41) is 13.9. The van der Waals surface area contributed by atoms with E-state index in [4.69, 9.17) is 0 Å². The molecule has 0 bridgehead atoms.